The van der Waals surface area contributed by atoms with E-state index in [4.69, 9.17) is 21.6 Å². The van der Waals surface area contributed by atoms with Gasteiger partial charge in [-0.15, -0.1) is 0 Å². The van der Waals surface area contributed by atoms with Gasteiger partial charge in [0.15, 0.2) is 17.2 Å². The van der Waals surface area contributed by atoms with E-state index in [1.807, 2.05) is 26.0 Å². The third-order valence-corrected chi connectivity index (χ3v) is 7.80. The van der Waals surface area contributed by atoms with Gasteiger partial charge in [-0.2, -0.15) is 5.26 Å². The zero-order valence-electron chi connectivity index (χ0n) is 20.5. The van der Waals surface area contributed by atoms with Crippen molar-refractivity contribution in [2.24, 2.45) is 11.8 Å². The largest absolute Gasteiger partial charge is 0.476 e. The molecule has 1 aliphatic carbocycles. The molecule has 5 rings (SSSR count). The van der Waals surface area contributed by atoms with Gasteiger partial charge in [0.25, 0.3) is 0 Å². The Hall–Kier alpha value is -3.44. The molecule has 8 nitrogen and oxygen atoms in total. The number of carbonyl (C=O) groups is 1. The standard InChI is InChI=1S/C27H29ClN6O2/c1-15-12-19(16(2)30-20-6-7-23(28)32-25(20)27(35)36)24-21(13-15)31-22(14-29)26(33-24)34-10-8-18(9-11-34)17-4-3-5-17/h6-7,12-13,16-18,30H,3-5,8-11H2,1-2H3,(H,35,36)/t16-/m1/s1. The molecular weight excluding hydrogens is 476 g/mol. The molecule has 9 heteroatoms. The van der Waals surface area contributed by atoms with E-state index in [0.717, 1.165) is 48.9 Å². The van der Waals surface area contributed by atoms with Crippen LogP contribution in [-0.2, 0) is 0 Å². The fraction of sp³-hybridized carbons (Fsp3) is 0.444. The maximum Gasteiger partial charge on any atom is 0.356 e. The van der Waals surface area contributed by atoms with Gasteiger partial charge in [-0.1, -0.05) is 36.9 Å². The van der Waals surface area contributed by atoms with Crippen molar-refractivity contribution >= 4 is 40.1 Å². The van der Waals surface area contributed by atoms with Crippen molar-refractivity contribution in [2.75, 3.05) is 23.3 Å². The predicted molar refractivity (Wildman–Crippen MR) is 140 cm³/mol. The van der Waals surface area contributed by atoms with Crippen LogP contribution >= 0.6 is 11.6 Å². The first-order chi connectivity index (χ1) is 17.3. The molecule has 0 amide bonds. The van der Waals surface area contributed by atoms with Crippen LogP contribution in [0.15, 0.2) is 24.3 Å². The lowest BCUT2D eigenvalue weighted by Crippen LogP contribution is -2.38. The van der Waals surface area contributed by atoms with E-state index in [0.29, 0.717) is 28.2 Å². The van der Waals surface area contributed by atoms with Crippen LogP contribution in [-0.4, -0.2) is 39.1 Å². The Balaban J connectivity index is 1.49. The quantitative estimate of drug-likeness (QED) is 0.408. The smallest absolute Gasteiger partial charge is 0.356 e. The van der Waals surface area contributed by atoms with Gasteiger partial charge in [0.05, 0.1) is 22.8 Å². The van der Waals surface area contributed by atoms with E-state index in [1.54, 1.807) is 12.1 Å². The number of piperidine rings is 1. The monoisotopic (exact) mass is 504 g/mol. The molecule has 0 unspecified atom stereocenters. The number of aromatic carboxylic acids is 1. The summed E-state index contributed by atoms with van der Waals surface area (Å²) < 4.78 is 0. The summed E-state index contributed by atoms with van der Waals surface area (Å²) >= 11 is 5.92. The van der Waals surface area contributed by atoms with Gasteiger partial charge in [0.1, 0.15) is 11.2 Å². The van der Waals surface area contributed by atoms with Crippen LogP contribution in [0, 0.1) is 30.1 Å². The van der Waals surface area contributed by atoms with Crippen molar-refractivity contribution in [3.05, 3.63) is 51.9 Å². The number of pyridine rings is 1. The van der Waals surface area contributed by atoms with Gasteiger partial charge >= 0.3 is 5.97 Å². The zero-order valence-corrected chi connectivity index (χ0v) is 21.2. The lowest BCUT2D eigenvalue weighted by molar-refractivity contribution is 0.0691. The Labute approximate surface area is 215 Å². The van der Waals surface area contributed by atoms with Crippen molar-refractivity contribution in [3.63, 3.8) is 0 Å². The molecular formula is C27H29ClN6O2. The van der Waals surface area contributed by atoms with Gasteiger partial charge in [-0.3, -0.25) is 0 Å². The first-order valence-electron chi connectivity index (χ1n) is 12.5. The number of hydrogen-bond donors (Lipinski definition) is 2. The number of aryl methyl sites for hydroxylation is 1. The minimum absolute atomic E-state index is 0.118. The van der Waals surface area contributed by atoms with E-state index in [2.05, 4.69) is 21.3 Å². The zero-order chi connectivity index (χ0) is 25.4. The summed E-state index contributed by atoms with van der Waals surface area (Å²) in [6, 6.07) is 9.09. The maximum atomic E-state index is 11.7. The summed E-state index contributed by atoms with van der Waals surface area (Å²) in [4.78, 5) is 27.6. The van der Waals surface area contributed by atoms with Gasteiger partial charge < -0.3 is 15.3 Å². The molecule has 1 saturated heterocycles. The molecule has 0 radical (unpaired) electrons. The van der Waals surface area contributed by atoms with E-state index in [1.165, 1.54) is 19.3 Å². The summed E-state index contributed by atoms with van der Waals surface area (Å²) in [7, 11) is 0. The highest BCUT2D eigenvalue weighted by atomic mass is 35.5. The highest BCUT2D eigenvalue weighted by Crippen LogP contribution is 2.39. The summed E-state index contributed by atoms with van der Waals surface area (Å²) in [6.45, 7) is 5.67. The number of nitriles is 1. The van der Waals surface area contributed by atoms with Crippen LogP contribution in [0.3, 0.4) is 0 Å². The van der Waals surface area contributed by atoms with E-state index < -0.39 is 5.97 Å². The summed E-state index contributed by atoms with van der Waals surface area (Å²) in [5.41, 5.74) is 3.78. The molecule has 1 aromatic carbocycles. The van der Waals surface area contributed by atoms with Crippen LogP contribution in [0.5, 0.6) is 0 Å². The van der Waals surface area contributed by atoms with Gasteiger partial charge in [0.2, 0.25) is 0 Å². The highest BCUT2D eigenvalue weighted by Gasteiger charge is 2.31. The van der Waals surface area contributed by atoms with E-state index >= 15 is 0 Å². The van der Waals surface area contributed by atoms with Crippen LogP contribution in [0.4, 0.5) is 11.5 Å². The molecule has 186 valence electrons. The SMILES string of the molecule is Cc1cc([C@@H](C)Nc2ccc(Cl)nc2C(=O)O)c2nc(N3CCC(C4CCC4)CC3)c(C#N)nc2c1. The Bertz CT molecular complexity index is 1360. The number of hydrogen-bond acceptors (Lipinski definition) is 7. The molecule has 2 N–H and O–H groups in total. The average molecular weight is 505 g/mol. The van der Waals surface area contributed by atoms with Crippen LogP contribution in [0.1, 0.15) is 72.4 Å². The second-order valence-electron chi connectivity index (χ2n) is 9.95. The Kier molecular flexibility index (Phi) is 6.67. The first kappa shape index (κ1) is 24.3. The van der Waals surface area contributed by atoms with Crippen molar-refractivity contribution in [1.82, 2.24) is 15.0 Å². The molecule has 2 aromatic heterocycles. The number of carboxylic acids is 1. The Morgan fingerprint density at radius 3 is 2.53 bits per heavy atom. The second kappa shape index (κ2) is 9.90. The second-order valence-corrected chi connectivity index (χ2v) is 10.3. The molecule has 1 saturated carbocycles. The number of rotatable bonds is 6. The predicted octanol–water partition coefficient (Wildman–Crippen LogP) is 5.75. The lowest BCUT2D eigenvalue weighted by Gasteiger charge is -2.40. The van der Waals surface area contributed by atoms with E-state index in [-0.39, 0.29) is 16.9 Å². The van der Waals surface area contributed by atoms with E-state index in [9.17, 15) is 15.2 Å². The Morgan fingerprint density at radius 2 is 1.89 bits per heavy atom. The molecule has 1 atom stereocenters. The fourth-order valence-corrected chi connectivity index (χ4v) is 5.62. The molecule has 3 heterocycles. The number of nitrogens with one attached hydrogen (secondary N) is 1. The number of anilines is 2. The summed E-state index contributed by atoms with van der Waals surface area (Å²) in [5, 5.41) is 22.8. The number of halogens is 1. The Morgan fingerprint density at radius 1 is 1.17 bits per heavy atom. The highest BCUT2D eigenvalue weighted by molar-refractivity contribution is 6.29. The molecule has 36 heavy (non-hydrogen) atoms. The molecule has 1 aliphatic heterocycles. The number of aromatic nitrogens is 3. The molecule has 0 spiro atoms. The van der Waals surface area contributed by atoms with Crippen LogP contribution in [0.2, 0.25) is 5.15 Å². The first-order valence-corrected chi connectivity index (χ1v) is 12.9. The third-order valence-electron chi connectivity index (χ3n) is 7.59. The number of benzene rings is 1. The fourth-order valence-electron chi connectivity index (χ4n) is 5.47. The third kappa shape index (κ3) is 4.68. The topological polar surface area (TPSA) is 115 Å². The van der Waals surface area contributed by atoms with Crippen LogP contribution in [0.25, 0.3) is 11.0 Å². The van der Waals surface area contributed by atoms with Crippen LogP contribution < -0.4 is 10.2 Å². The van der Waals surface area contributed by atoms with Gasteiger partial charge in [-0.25, -0.2) is 19.7 Å². The average Bonchev–Trinajstić information content (AvgIpc) is 2.83. The number of nitrogens with zero attached hydrogens (tertiary/aromatic N) is 5. The minimum Gasteiger partial charge on any atom is -0.476 e. The molecule has 2 aliphatic rings. The number of fused-ring (bicyclic) bond motifs is 1. The van der Waals surface area contributed by atoms with Crippen molar-refractivity contribution in [2.45, 2.75) is 52.0 Å². The maximum absolute atomic E-state index is 11.7. The van der Waals surface area contributed by atoms with Gasteiger partial charge in [-0.05, 0) is 62.3 Å². The minimum atomic E-state index is -1.16. The van der Waals surface area contributed by atoms with Crippen molar-refractivity contribution in [3.8, 4) is 6.07 Å². The van der Waals surface area contributed by atoms with Crippen molar-refractivity contribution < 1.29 is 9.90 Å². The molecule has 0 bridgehead atoms. The lowest BCUT2D eigenvalue weighted by atomic mass is 9.72. The normalized spacial score (nSPS) is 17.4. The number of carboxylic acid groups (broad SMARTS) is 1. The van der Waals surface area contributed by atoms with Gasteiger partial charge in [0, 0.05) is 18.7 Å². The summed E-state index contributed by atoms with van der Waals surface area (Å²) in [6.07, 6.45) is 6.30. The summed E-state index contributed by atoms with van der Waals surface area (Å²) in [5.74, 6) is 1.11. The molecule has 3 aromatic rings. The van der Waals surface area contributed by atoms with Crippen molar-refractivity contribution in [1.29, 1.82) is 5.26 Å². The molecule has 2 fully saturated rings.